The smallest absolute Gasteiger partial charge is 0.244 e. The normalized spacial score (nSPS) is 10.9. The number of nitrogen functional groups attached to an aromatic ring is 1. The summed E-state index contributed by atoms with van der Waals surface area (Å²) in [7, 11) is 0. The predicted octanol–water partition coefficient (Wildman–Crippen LogP) is 1.90. The summed E-state index contributed by atoms with van der Waals surface area (Å²) < 4.78 is 5.43. The van der Waals surface area contributed by atoms with Gasteiger partial charge in [0.25, 0.3) is 0 Å². The molecule has 0 atom stereocenters. The van der Waals surface area contributed by atoms with Crippen molar-refractivity contribution < 1.29 is 9.53 Å². The summed E-state index contributed by atoms with van der Waals surface area (Å²) in [6.45, 7) is 2.75. The van der Waals surface area contributed by atoms with Crippen molar-refractivity contribution in [1.29, 1.82) is 0 Å². The molecule has 4 nitrogen and oxygen atoms in total. The number of hydrogen-bond donors (Lipinski definition) is 2. The number of amides is 1. The Kier molecular flexibility index (Phi) is 6.11. The molecule has 0 saturated carbocycles. The Labute approximate surface area is 107 Å². The first-order valence-corrected chi connectivity index (χ1v) is 5.78. The van der Waals surface area contributed by atoms with Gasteiger partial charge < -0.3 is 15.8 Å². The summed E-state index contributed by atoms with van der Waals surface area (Å²) in [5, 5.41) is 2.71. The minimum Gasteiger partial charge on any atom is -0.492 e. The van der Waals surface area contributed by atoms with E-state index in [1.54, 1.807) is 24.3 Å². The molecular weight excluding hydrogens is 228 g/mol. The number of allylic oxidation sites excluding steroid dienone is 3. The molecule has 0 fully saturated rings. The van der Waals surface area contributed by atoms with E-state index in [9.17, 15) is 4.79 Å². The summed E-state index contributed by atoms with van der Waals surface area (Å²) in [6.07, 6.45) is 6.81. The fraction of sp³-hybridized carbons (Fsp3) is 0.214. The first kappa shape index (κ1) is 13.8. The first-order valence-electron chi connectivity index (χ1n) is 5.78. The van der Waals surface area contributed by atoms with E-state index in [0.717, 1.165) is 0 Å². The number of ether oxygens (including phenoxy) is 1. The topological polar surface area (TPSA) is 64.3 Å². The lowest BCUT2D eigenvalue weighted by molar-refractivity contribution is -0.116. The molecule has 0 saturated heterocycles. The van der Waals surface area contributed by atoms with Gasteiger partial charge in [0.05, 0.1) is 6.54 Å². The van der Waals surface area contributed by atoms with Gasteiger partial charge in [-0.05, 0) is 19.1 Å². The van der Waals surface area contributed by atoms with Crippen LogP contribution in [0.2, 0.25) is 0 Å². The van der Waals surface area contributed by atoms with E-state index in [1.807, 2.05) is 25.1 Å². The summed E-state index contributed by atoms with van der Waals surface area (Å²) in [5.74, 6) is 0.568. The van der Waals surface area contributed by atoms with Gasteiger partial charge in [0.15, 0.2) is 0 Å². The predicted molar refractivity (Wildman–Crippen MR) is 73.3 cm³/mol. The third-order valence-corrected chi connectivity index (χ3v) is 2.08. The first-order chi connectivity index (χ1) is 8.72. The van der Waals surface area contributed by atoms with Crippen LogP contribution >= 0.6 is 0 Å². The van der Waals surface area contributed by atoms with E-state index in [-0.39, 0.29) is 5.91 Å². The molecule has 0 unspecified atom stereocenters. The average molecular weight is 246 g/mol. The Morgan fingerprint density at radius 1 is 1.44 bits per heavy atom. The van der Waals surface area contributed by atoms with Crippen LogP contribution in [-0.2, 0) is 4.79 Å². The second-order valence-corrected chi connectivity index (χ2v) is 3.60. The molecule has 0 spiro atoms. The maximum atomic E-state index is 11.3. The van der Waals surface area contributed by atoms with Crippen LogP contribution in [0, 0.1) is 0 Å². The summed E-state index contributed by atoms with van der Waals surface area (Å²) in [4.78, 5) is 11.3. The average Bonchev–Trinajstić information content (AvgIpc) is 2.35. The van der Waals surface area contributed by atoms with Crippen LogP contribution in [0.3, 0.4) is 0 Å². The third kappa shape index (κ3) is 5.75. The third-order valence-electron chi connectivity index (χ3n) is 2.08. The number of benzene rings is 1. The highest BCUT2D eigenvalue weighted by molar-refractivity contribution is 5.87. The SMILES string of the molecule is CC=CC=CC(=O)NCCOc1cccc(N)c1. The van der Waals surface area contributed by atoms with E-state index in [1.165, 1.54) is 6.08 Å². The van der Waals surface area contributed by atoms with E-state index in [0.29, 0.717) is 24.6 Å². The molecule has 1 rings (SSSR count). The van der Waals surface area contributed by atoms with Gasteiger partial charge >= 0.3 is 0 Å². The van der Waals surface area contributed by atoms with Crippen molar-refractivity contribution in [3.05, 3.63) is 48.6 Å². The van der Waals surface area contributed by atoms with Gasteiger partial charge in [-0.25, -0.2) is 0 Å². The van der Waals surface area contributed by atoms with Gasteiger partial charge in [0.1, 0.15) is 12.4 Å². The second-order valence-electron chi connectivity index (χ2n) is 3.60. The molecular formula is C14H18N2O2. The van der Waals surface area contributed by atoms with E-state index < -0.39 is 0 Å². The molecule has 0 aliphatic carbocycles. The molecule has 4 heteroatoms. The van der Waals surface area contributed by atoms with E-state index >= 15 is 0 Å². The lowest BCUT2D eigenvalue weighted by atomic mass is 10.3. The number of carbonyl (C=O) groups is 1. The number of rotatable bonds is 6. The number of nitrogens with one attached hydrogen (secondary N) is 1. The van der Waals surface area contributed by atoms with Crippen LogP contribution < -0.4 is 15.8 Å². The highest BCUT2D eigenvalue weighted by Gasteiger charge is 1.96. The molecule has 18 heavy (non-hydrogen) atoms. The molecule has 3 N–H and O–H groups in total. The molecule has 0 bridgehead atoms. The van der Waals surface area contributed by atoms with Gasteiger partial charge in [-0.15, -0.1) is 0 Å². The van der Waals surface area contributed by atoms with Crippen molar-refractivity contribution >= 4 is 11.6 Å². The van der Waals surface area contributed by atoms with E-state index in [4.69, 9.17) is 10.5 Å². The minimum atomic E-state index is -0.135. The standard InChI is InChI=1S/C14H18N2O2/c1-2-3-4-8-14(17)16-9-10-18-13-7-5-6-12(15)11-13/h2-8,11H,9-10,15H2,1H3,(H,16,17). The van der Waals surface area contributed by atoms with Gasteiger partial charge in [-0.1, -0.05) is 24.3 Å². The number of carbonyl (C=O) groups excluding carboxylic acids is 1. The van der Waals surface area contributed by atoms with Crippen molar-refractivity contribution in [2.45, 2.75) is 6.92 Å². The minimum absolute atomic E-state index is 0.135. The highest BCUT2D eigenvalue weighted by Crippen LogP contribution is 2.13. The number of anilines is 1. The van der Waals surface area contributed by atoms with Gasteiger partial charge in [-0.2, -0.15) is 0 Å². The van der Waals surface area contributed by atoms with Crippen LogP contribution in [-0.4, -0.2) is 19.1 Å². The maximum Gasteiger partial charge on any atom is 0.244 e. The molecule has 1 aromatic carbocycles. The van der Waals surface area contributed by atoms with Crippen molar-refractivity contribution in [3.8, 4) is 5.75 Å². The second kappa shape index (κ2) is 7.95. The van der Waals surface area contributed by atoms with Gasteiger partial charge in [0.2, 0.25) is 5.91 Å². The van der Waals surface area contributed by atoms with Gasteiger partial charge in [0, 0.05) is 17.8 Å². The molecule has 0 aromatic heterocycles. The van der Waals surface area contributed by atoms with E-state index in [2.05, 4.69) is 5.32 Å². The zero-order chi connectivity index (χ0) is 13.2. The Morgan fingerprint density at radius 2 is 2.28 bits per heavy atom. The summed E-state index contributed by atoms with van der Waals surface area (Å²) >= 11 is 0. The van der Waals surface area contributed by atoms with Crippen LogP contribution in [0.1, 0.15) is 6.92 Å². The zero-order valence-corrected chi connectivity index (χ0v) is 10.4. The highest BCUT2D eigenvalue weighted by atomic mass is 16.5. The lowest BCUT2D eigenvalue weighted by Gasteiger charge is -2.06. The van der Waals surface area contributed by atoms with Crippen molar-refractivity contribution in [1.82, 2.24) is 5.32 Å². The quantitative estimate of drug-likeness (QED) is 0.349. The largest absolute Gasteiger partial charge is 0.492 e. The van der Waals surface area contributed by atoms with Gasteiger partial charge in [-0.3, -0.25) is 4.79 Å². The lowest BCUT2D eigenvalue weighted by Crippen LogP contribution is -2.26. The molecule has 1 amide bonds. The van der Waals surface area contributed by atoms with Crippen LogP contribution in [0.4, 0.5) is 5.69 Å². The molecule has 96 valence electrons. The van der Waals surface area contributed by atoms with Crippen molar-refractivity contribution in [3.63, 3.8) is 0 Å². The Hall–Kier alpha value is -2.23. The molecule has 0 aliphatic rings. The Balaban J connectivity index is 2.21. The Morgan fingerprint density at radius 3 is 3.00 bits per heavy atom. The Bertz CT molecular complexity index is 439. The molecule has 0 heterocycles. The van der Waals surface area contributed by atoms with Crippen LogP contribution in [0.25, 0.3) is 0 Å². The summed E-state index contributed by atoms with van der Waals surface area (Å²) in [5.41, 5.74) is 6.27. The monoisotopic (exact) mass is 246 g/mol. The number of nitrogens with two attached hydrogens (primary N) is 1. The molecule has 0 aliphatic heterocycles. The fourth-order valence-corrected chi connectivity index (χ4v) is 1.26. The molecule has 0 radical (unpaired) electrons. The molecule has 1 aromatic rings. The van der Waals surface area contributed by atoms with Crippen molar-refractivity contribution in [2.24, 2.45) is 0 Å². The van der Waals surface area contributed by atoms with Crippen molar-refractivity contribution in [2.75, 3.05) is 18.9 Å². The fourth-order valence-electron chi connectivity index (χ4n) is 1.26. The zero-order valence-electron chi connectivity index (χ0n) is 10.4. The van der Waals surface area contributed by atoms with Crippen LogP contribution in [0.15, 0.2) is 48.6 Å². The summed E-state index contributed by atoms with van der Waals surface area (Å²) in [6, 6.07) is 7.18. The maximum absolute atomic E-state index is 11.3. The van der Waals surface area contributed by atoms with Crippen LogP contribution in [0.5, 0.6) is 5.75 Å². The number of hydrogen-bond acceptors (Lipinski definition) is 3.